The minimum atomic E-state index is 0.0560. The normalized spacial score (nSPS) is 16.7. The smallest absolute Gasteiger partial charge is 0.217 e. The summed E-state index contributed by atoms with van der Waals surface area (Å²) in [5.41, 5.74) is 5.86. The number of hydrogen-bond acceptors (Lipinski definition) is 6. The molecule has 0 amide bonds. The number of aliphatic hydroxyl groups excluding tert-OH is 1. The van der Waals surface area contributed by atoms with E-state index < -0.39 is 0 Å². The SMILES string of the molecule is CCc1cc(C)cc(CC)c1C1=C(O)CC(CCSc2nc(C)cc(OC)n2)CC1=O. The Hall–Kier alpha value is -2.34. The second-order valence-electron chi connectivity index (χ2n) is 8.16. The maximum atomic E-state index is 13.1. The molecular formula is C25H32N2O3S. The predicted molar refractivity (Wildman–Crippen MR) is 126 cm³/mol. The Morgan fingerprint density at radius 3 is 2.35 bits per heavy atom. The van der Waals surface area contributed by atoms with Crippen LogP contribution in [0.4, 0.5) is 0 Å². The van der Waals surface area contributed by atoms with Gasteiger partial charge in [0.15, 0.2) is 10.9 Å². The van der Waals surface area contributed by atoms with E-state index in [0.29, 0.717) is 29.5 Å². The third kappa shape index (κ3) is 5.48. The number of aryl methyl sites for hydroxylation is 4. The Morgan fingerprint density at radius 2 is 1.77 bits per heavy atom. The third-order valence-electron chi connectivity index (χ3n) is 5.76. The van der Waals surface area contributed by atoms with Gasteiger partial charge in [-0.1, -0.05) is 43.3 Å². The average Bonchev–Trinajstić information content (AvgIpc) is 2.73. The zero-order chi connectivity index (χ0) is 22.5. The van der Waals surface area contributed by atoms with Crippen LogP contribution in [-0.2, 0) is 17.6 Å². The number of Topliss-reactive ketones (excluding diaryl/α,β-unsaturated/α-hetero) is 1. The van der Waals surface area contributed by atoms with Crippen molar-refractivity contribution in [2.24, 2.45) is 5.92 Å². The van der Waals surface area contributed by atoms with Gasteiger partial charge < -0.3 is 9.84 Å². The fraction of sp³-hybridized carbons (Fsp3) is 0.480. The first-order valence-corrected chi connectivity index (χ1v) is 11.9. The van der Waals surface area contributed by atoms with Gasteiger partial charge in [-0.05, 0) is 55.7 Å². The number of aliphatic hydroxyl groups is 1. The van der Waals surface area contributed by atoms with E-state index in [4.69, 9.17) is 4.74 Å². The van der Waals surface area contributed by atoms with Gasteiger partial charge in [-0.15, -0.1) is 0 Å². The second-order valence-corrected chi connectivity index (χ2v) is 9.22. The lowest BCUT2D eigenvalue weighted by Crippen LogP contribution is -2.21. The van der Waals surface area contributed by atoms with Crippen LogP contribution in [0.25, 0.3) is 5.57 Å². The van der Waals surface area contributed by atoms with Crippen molar-refractivity contribution in [1.29, 1.82) is 0 Å². The summed E-state index contributed by atoms with van der Waals surface area (Å²) in [6.07, 6.45) is 3.52. The molecule has 1 heterocycles. The number of carbonyl (C=O) groups is 1. The summed E-state index contributed by atoms with van der Waals surface area (Å²) >= 11 is 1.56. The summed E-state index contributed by atoms with van der Waals surface area (Å²) in [7, 11) is 1.60. The van der Waals surface area contributed by atoms with Crippen LogP contribution in [0.2, 0.25) is 0 Å². The predicted octanol–water partition coefficient (Wildman–Crippen LogP) is 5.66. The first kappa shape index (κ1) is 23.3. The van der Waals surface area contributed by atoms with Gasteiger partial charge in [-0.2, -0.15) is 4.98 Å². The fourth-order valence-corrected chi connectivity index (χ4v) is 5.28. The Balaban J connectivity index is 1.74. The van der Waals surface area contributed by atoms with Crippen molar-refractivity contribution in [3.63, 3.8) is 0 Å². The van der Waals surface area contributed by atoms with Gasteiger partial charge in [-0.3, -0.25) is 4.79 Å². The van der Waals surface area contributed by atoms with Crippen LogP contribution in [0.1, 0.15) is 61.1 Å². The van der Waals surface area contributed by atoms with Crippen molar-refractivity contribution in [3.8, 4) is 5.88 Å². The molecule has 1 unspecified atom stereocenters. The molecule has 0 fully saturated rings. The highest BCUT2D eigenvalue weighted by molar-refractivity contribution is 7.99. The molecule has 0 saturated carbocycles. The highest BCUT2D eigenvalue weighted by atomic mass is 32.2. The van der Waals surface area contributed by atoms with Gasteiger partial charge in [0.25, 0.3) is 0 Å². The number of nitrogens with zero attached hydrogens (tertiary/aromatic N) is 2. The topological polar surface area (TPSA) is 72.3 Å². The number of carbonyl (C=O) groups excluding carboxylic acids is 1. The third-order valence-corrected chi connectivity index (χ3v) is 6.64. The maximum Gasteiger partial charge on any atom is 0.217 e. The van der Waals surface area contributed by atoms with Crippen molar-refractivity contribution in [3.05, 3.63) is 51.9 Å². The summed E-state index contributed by atoms with van der Waals surface area (Å²) in [6, 6.07) is 6.08. The van der Waals surface area contributed by atoms with Crippen LogP contribution in [0.5, 0.6) is 5.88 Å². The van der Waals surface area contributed by atoms with Gasteiger partial charge in [0.05, 0.1) is 12.7 Å². The van der Waals surface area contributed by atoms with Crippen molar-refractivity contribution in [1.82, 2.24) is 9.97 Å². The van der Waals surface area contributed by atoms with Crippen LogP contribution in [-0.4, -0.2) is 33.7 Å². The van der Waals surface area contributed by atoms with Crippen LogP contribution in [0.15, 0.2) is 29.1 Å². The molecule has 1 N–H and O–H groups in total. The summed E-state index contributed by atoms with van der Waals surface area (Å²) in [5.74, 6) is 1.78. The van der Waals surface area contributed by atoms with Gasteiger partial charge in [-0.25, -0.2) is 4.98 Å². The zero-order valence-corrected chi connectivity index (χ0v) is 19.9. The molecule has 1 atom stereocenters. The van der Waals surface area contributed by atoms with E-state index in [-0.39, 0.29) is 17.5 Å². The van der Waals surface area contributed by atoms with E-state index >= 15 is 0 Å². The van der Waals surface area contributed by atoms with Gasteiger partial charge >= 0.3 is 0 Å². The molecule has 31 heavy (non-hydrogen) atoms. The molecule has 1 aliphatic rings. The summed E-state index contributed by atoms with van der Waals surface area (Å²) in [4.78, 5) is 21.9. The molecule has 0 aliphatic heterocycles. The molecule has 5 nitrogen and oxygen atoms in total. The minimum Gasteiger partial charge on any atom is -0.512 e. The highest BCUT2D eigenvalue weighted by Gasteiger charge is 2.30. The van der Waals surface area contributed by atoms with E-state index in [9.17, 15) is 9.90 Å². The van der Waals surface area contributed by atoms with Crippen LogP contribution < -0.4 is 4.74 Å². The molecule has 0 radical (unpaired) electrons. The molecule has 1 aliphatic carbocycles. The van der Waals surface area contributed by atoms with Gasteiger partial charge in [0.1, 0.15) is 5.76 Å². The van der Waals surface area contributed by atoms with Crippen molar-refractivity contribution >= 4 is 23.1 Å². The van der Waals surface area contributed by atoms with Crippen molar-refractivity contribution in [2.75, 3.05) is 12.9 Å². The zero-order valence-electron chi connectivity index (χ0n) is 19.1. The molecule has 1 aromatic heterocycles. The Morgan fingerprint density at radius 1 is 1.10 bits per heavy atom. The maximum absolute atomic E-state index is 13.1. The Kier molecular flexibility index (Phi) is 7.76. The molecule has 3 rings (SSSR count). The first-order chi connectivity index (χ1) is 14.9. The van der Waals surface area contributed by atoms with E-state index in [0.717, 1.165) is 47.4 Å². The monoisotopic (exact) mass is 440 g/mol. The number of hydrogen-bond donors (Lipinski definition) is 1. The number of aromatic nitrogens is 2. The van der Waals surface area contributed by atoms with E-state index in [1.165, 1.54) is 5.56 Å². The lowest BCUT2D eigenvalue weighted by Gasteiger charge is -2.26. The fourth-order valence-electron chi connectivity index (χ4n) is 4.28. The summed E-state index contributed by atoms with van der Waals surface area (Å²) in [5, 5.41) is 11.6. The van der Waals surface area contributed by atoms with Crippen molar-refractivity contribution < 1.29 is 14.6 Å². The molecule has 6 heteroatoms. The quantitative estimate of drug-likeness (QED) is 0.422. The highest BCUT2D eigenvalue weighted by Crippen LogP contribution is 2.37. The number of allylic oxidation sites excluding steroid dienone is 2. The number of ether oxygens (including phenoxy) is 1. The van der Waals surface area contributed by atoms with Crippen LogP contribution >= 0.6 is 11.8 Å². The summed E-state index contributed by atoms with van der Waals surface area (Å²) in [6.45, 7) is 8.20. The van der Waals surface area contributed by atoms with Crippen LogP contribution in [0.3, 0.4) is 0 Å². The number of methoxy groups -OCH3 is 1. The number of rotatable bonds is 8. The standard InChI is InChI=1S/C25H32N2O3S/c1-6-18-10-15(3)11-19(7-2)23(18)24-20(28)13-17(14-21(24)29)8-9-31-25-26-16(4)12-22(27-25)30-5/h10-12,17,28H,6-9,13-14H2,1-5H3. The Bertz CT molecular complexity index is 975. The summed E-state index contributed by atoms with van der Waals surface area (Å²) < 4.78 is 5.21. The Labute approximate surface area is 189 Å². The first-order valence-electron chi connectivity index (χ1n) is 11.0. The lowest BCUT2D eigenvalue weighted by atomic mass is 9.79. The van der Waals surface area contributed by atoms with Crippen LogP contribution in [0, 0.1) is 19.8 Å². The molecule has 166 valence electrons. The largest absolute Gasteiger partial charge is 0.512 e. The number of benzene rings is 1. The van der Waals surface area contributed by atoms with E-state index in [1.807, 2.05) is 6.92 Å². The van der Waals surface area contributed by atoms with E-state index in [1.54, 1.807) is 24.9 Å². The molecule has 0 saturated heterocycles. The number of ketones is 1. The molecule has 2 aromatic rings. The number of thioether (sulfide) groups is 1. The van der Waals surface area contributed by atoms with E-state index in [2.05, 4.69) is 42.9 Å². The second kappa shape index (κ2) is 10.3. The van der Waals surface area contributed by atoms with Crippen molar-refractivity contribution in [2.45, 2.75) is 65.0 Å². The molecule has 0 spiro atoms. The molecule has 1 aromatic carbocycles. The molecular weight excluding hydrogens is 408 g/mol. The molecule has 0 bridgehead atoms. The van der Waals surface area contributed by atoms with Gasteiger partial charge in [0.2, 0.25) is 5.88 Å². The van der Waals surface area contributed by atoms with Gasteiger partial charge in [0, 0.05) is 30.4 Å². The average molecular weight is 441 g/mol. The minimum absolute atomic E-state index is 0.0560. The lowest BCUT2D eigenvalue weighted by molar-refractivity contribution is -0.115.